The molecule has 0 aromatic carbocycles. The predicted octanol–water partition coefficient (Wildman–Crippen LogP) is 0.956. The van der Waals surface area contributed by atoms with Gasteiger partial charge in [-0.05, 0) is 25.7 Å². The SMILES string of the molecule is CCOC(=O)C1CCC(C)C1O. The van der Waals surface area contributed by atoms with Crippen LogP contribution in [0.5, 0.6) is 0 Å². The van der Waals surface area contributed by atoms with Crippen LogP contribution in [0.4, 0.5) is 0 Å². The maximum absolute atomic E-state index is 11.2. The van der Waals surface area contributed by atoms with Crippen LogP contribution in [0.15, 0.2) is 0 Å². The zero-order valence-electron chi connectivity index (χ0n) is 7.62. The standard InChI is InChI=1S/C9H16O3/c1-3-12-9(11)7-5-4-6(2)8(7)10/h6-8,10H,3-5H2,1-2H3. The van der Waals surface area contributed by atoms with Crippen molar-refractivity contribution in [3.8, 4) is 0 Å². The van der Waals surface area contributed by atoms with E-state index in [1.165, 1.54) is 0 Å². The average molecular weight is 172 g/mol. The van der Waals surface area contributed by atoms with E-state index in [0.717, 1.165) is 12.8 Å². The lowest BCUT2D eigenvalue weighted by atomic mass is 10.0. The van der Waals surface area contributed by atoms with Gasteiger partial charge in [-0.1, -0.05) is 6.92 Å². The first-order valence-corrected chi connectivity index (χ1v) is 4.51. The molecule has 0 saturated heterocycles. The minimum absolute atomic E-state index is 0.236. The molecule has 70 valence electrons. The quantitative estimate of drug-likeness (QED) is 0.631. The Morgan fingerprint density at radius 3 is 2.67 bits per heavy atom. The van der Waals surface area contributed by atoms with Crippen molar-refractivity contribution in [1.82, 2.24) is 0 Å². The van der Waals surface area contributed by atoms with Crippen molar-refractivity contribution in [3.05, 3.63) is 0 Å². The Morgan fingerprint density at radius 1 is 1.58 bits per heavy atom. The molecule has 12 heavy (non-hydrogen) atoms. The summed E-state index contributed by atoms with van der Waals surface area (Å²) in [7, 11) is 0. The number of hydrogen-bond donors (Lipinski definition) is 1. The van der Waals surface area contributed by atoms with E-state index in [4.69, 9.17) is 4.74 Å². The first kappa shape index (κ1) is 9.52. The molecular weight excluding hydrogens is 156 g/mol. The number of rotatable bonds is 2. The van der Waals surface area contributed by atoms with Crippen molar-refractivity contribution in [2.24, 2.45) is 11.8 Å². The number of aliphatic hydroxyl groups excluding tert-OH is 1. The molecule has 3 heteroatoms. The maximum atomic E-state index is 11.2. The van der Waals surface area contributed by atoms with E-state index in [9.17, 15) is 9.90 Å². The number of carbonyl (C=O) groups is 1. The summed E-state index contributed by atoms with van der Waals surface area (Å²) in [5, 5.41) is 9.55. The molecule has 1 fully saturated rings. The topological polar surface area (TPSA) is 46.5 Å². The minimum atomic E-state index is -0.496. The molecule has 0 spiro atoms. The van der Waals surface area contributed by atoms with E-state index in [2.05, 4.69) is 0 Å². The second kappa shape index (κ2) is 3.90. The Labute approximate surface area is 72.7 Å². The minimum Gasteiger partial charge on any atom is -0.466 e. The molecule has 0 amide bonds. The van der Waals surface area contributed by atoms with Gasteiger partial charge in [0.2, 0.25) is 0 Å². The second-order valence-corrected chi connectivity index (χ2v) is 3.40. The number of aliphatic hydroxyl groups is 1. The highest BCUT2D eigenvalue weighted by atomic mass is 16.5. The summed E-state index contributed by atoms with van der Waals surface area (Å²) < 4.78 is 4.85. The number of ether oxygens (including phenoxy) is 1. The predicted molar refractivity (Wildman–Crippen MR) is 44.5 cm³/mol. The molecule has 1 aliphatic carbocycles. The van der Waals surface area contributed by atoms with E-state index in [1.54, 1.807) is 6.92 Å². The summed E-state index contributed by atoms with van der Waals surface area (Å²) in [4.78, 5) is 11.2. The summed E-state index contributed by atoms with van der Waals surface area (Å²) in [6.45, 7) is 4.14. The van der Waals surface area contributed by atoms with Crippen LogP contribution in [0.1, 0.15) is 26.7 Å². The Kier molecular flexibility index (Phi) is 3.09. The Balaban J connectivity index is 2.47. The summed E-state index contributed by atoms with van der Waals surface area (Å²) in [5.41, 5.74) is 0. The lowest BCUT2D eigenvalue weighted by molar-refractivity contribution is -0.151. The summed E-state index contributed by atoms with van der Waals surface area (Å²) >= 11 is 0. The molecule has 3 atom stereocenters. The summed E-state index contributed by atoms with van der Waals surface area (Å²) in [6, 6.07) is 0. The van der Waals surface area contributed by atoms with Gasteiger partial charge in [0, 0.05) is 0 Å². The molecule has 1 aliphatic rings. The van der Waals surface area contributed by atoms with Crippen molar-refractivity contribution in [2.45, 2.75) is 32.8 Å². The van der Waals surface area contributed by atoms with Crippen LogP contribution in [0, 0.1) is 11.8 Å². The van der Waals surface area contributed by atoms with E-state index in [0.29, 0.717) is 6.61 Å². The molecule has 0 aromatic heterocycles. The summed E-state index contributed by atoms with van der Waals surface area (Å²) in [5.74, 6) is -0.284. The summed E-state index contributed by atoms with van der Waals surface area (Å²) in [6.07, 6.45) is 1.19. The largest absolute Gasteiger partial charge is 0.466 e. The third-order valence-corrected chi connectivity index (χ3v) is 2.52. The number of esters is 1. The lowest BCUT2D eigenvalue weighted by Crippen LogP contribution is -2.27. The third kappa shape index (κ3) is 1.78. The highest BCUT2D eigenvalue weighted by Crippen LogP contribution is 2.31. The molecule has 1 N–H and O–H groups in total. The van der Waals surface area contributed by atoms with Gasteiger partial charge < -0.3 is 9.84 Å². The van der Waals surface area contributed by atoms with Gasteiger partial charge in [0.05, 0.1) is 18.6 Å². The molecule has 3 unspecified atom stereocenters. The highest BCUT2D eigenvalue weighted by Gasteiger charge is 2.37. The highest BCUT2D eigenvalue weighted by molar-refractivity contribution is 5.73. The van der Waals surface area contributed by atoms with Gasteiger partial charge >= 0.3 is 5.97 Å². The zero-order valence-corrected chi connectivity index (χ0v) is 7.62. The molecule has 0 aliphatic heterocycles. The van der Waals surface area contributed by atoms with Crippen molar-refractivity contribution in [2.75, 3.05) is 6.61 Å². The van der Waals surface area contributed by atoms with Crippen molar-refractivity contribution >= 4 is 5.97 Å². The Hall–Kier alpha value is -0.570. The van der Waals surface area contributed by atoms with E-state index >= 15 is 0 Å². The van der Waals surface area contributed by atoms with Crippen LogP contribution in [-0.4, -0.2) is 23.8 Å². The van der Waals surface area contributed by atoms with Gasteiger partial charge in [0.25, 0.3) is 0 Å². The molecule has 0 heterocycles. The van der Waals surface area contributed by atoms with Gasteiger partial charge in [-0.2, -0.15) is 0 Å². The first-order valence-electron chi connectivity index (χ1n) is 4.51. The molecule has 0 bridgehead atoms. The van der Waals surface area contributed by atoms with Crippen LogP contribution >= 0.6 is 0 Å². The molecule has 1 saturated carbocycles. The molecule has 0 radical (unpaired) electrons. The second-order valence-electron chi connectivity index (χ2n) is 3.40. The average Bonchev–Trinajstić information content (AvgIpc) is 2.34. The van der Waals surface area contributed by atoms with Gasteiger partial charge in [-0.25, -0.2) is 0 Å². The van der Waals surface area contributed by atoms with Crippen LogP contribution in [0.25, 0.3) is 0 Å². The monoisotopic (exact) mass is 172 g/mol. The van der Waals surface area contributed by atoms with E-state index < -0.39 is 6.10 Å². The van der Waals surface area contributed by atoms with Crippen molar-refractivity contribution in [1.29, 1.82) is 0 Å². The fraction of sp³-hybridized carbons (Fsp3) is 0.889. The van der Waals surface area contributed by atoms with Gasteiger partial charge in [-0.15, -0.1) is 0 Å². The Morgan fingerprint density at radius 2 is 2.25 bits per heavy atom. The van der Waals surface area contributed by atoms with Gasteiger partial charge in [0.1, 0.15) is 0 Å². The van der Waals surface area contributed by atoms with Crippen LogP contribution < -0.4 is 0 Å². The molecular formula is C9H16O3. The number of hydrogen-bond acceptors (Lipinski definition) is 3. The molecule has 1 rings (SSSR count). The zero-order chi connectivity index (χ0) is 9.14. The van der Waals surface area contributed by atoms with Crippen molar-refractivity contribution in [3.63, 3.8) is 0 Å². The van der Waals surface area contributed by atoms with E-state index in [-0.39, 0.29) is 17.8 Å². The van der Waals surface area contributed by atoms with Crippen LogP contribution in [0.3, 0.4) is 0 Å². The van der Waals surface area contributed by atoms with Crippen molar-refractivity contribution < 1.29 is 14.6 Å². The van der Waals surface area contributed by atoms with E-state index in [1.807, 2.05) is 6.92 Å². The van der Waals surface area contributed by atoms with Gasteiger partial charge in [-0.3, -0.25) is 4.79 Å². The normalized spacial score (nSPS) is 35.1. The lowest BCUT2D eigenvalue weighted by Gasteiger charge is -2.14. The molecule has 0 aromatic rings. The molecule has 3 nitrogen and oxygen atoms in total. The van der Waals surface area contributed by atoms with Gasteiger partial charge in [0.15, 0.2) is 0 Å². The third-order valence-electron chi connectivity index (χ3n) is 2.52. The Bertz CT molecular complexity index is 167. The van der Waals surface area contributed by atoms with Crippen LogP contribution in [-0.2, 0) is 9.53 Å². The smallest absolute Gasteiger partial charge is 0.311 e. The fourth-order valence-electron chi connectivity index (χ4n) is 1.69. The fourth-order valence-corrected chi connectivity index (χ4v) is 1.69. The maximum Gasteiger partial charge on any atom is 0.311 e. The first-order chi connectivity index (χ1) is 5.66. The van der Waals surface area contributed by atoms with Crippen LogP contribution in [0.2, 0.25) is 0 Å². The number of carbonyl (C=O) groups excluding carboxylic acids is 1.